The van der Waals surface area contributed by atoms with Crippen molar-refractivity contribution in [1.29, 1.82) is 0 Å². The average molecular weight is 391 g/mol. The van der Waals surface area contributed by atoms with E-state index in [-0.39, 0.29) is 17.2 Å². The number of carbonyl (C=O) groups excluding carboxylic acids is 2. The summed E-state index contributed by atoms with van der Waals surface area (Å²) < 4.78 is 10.9. The number of fused-ring (bicyclic) bond motifs is 1. The van der Waals surface area contributed by atoms with Crippen molar-refractivity contribution in [3.8, 4) is 5.75 Å². The van der Waals surface area contributed by atoms with Crippen molar-refractivity contribution in [1.82, 2.24) is 4.90 Å². The van der Waals surface area contributed by atoms with E-state index in [4.69, 9.17) is 9.47 Å². The Balaban J connectivity index is 1.64. The van der Waals surface area contributed by atoms with Crippen molar-refractivity contribution in [2.75, 3.05) is 26.3 Å². The van der Waals surface area contributed by atoms with Crippen LogP contribution in [0, 0.1) is 0 Å². The molecule has 0 saturated carbocycles. The van der Waals surface area contributed by atoms with Gasteiger partial charge in [0.05, 0.1) is 13.2 Å². The van der Waals surface area contributed by atoms with Gasteiger partial charge in [-0.3, -0.25) is 4.79 Å². The van der Waals surface area contributed by atoms with E-state index in [0.29, 0.717) is 37.3 Å². The Kier molecular flexibility index (Phi) is 5.44. The van der Waals surface area contributed by atoms with Crippen LogP contribution in [0.4, 0.5) is 0 Å². The molecule has 0 unspecified atom stereocenters. The van der Waals surface area contributed by atoms with E-state index in [1.54, 1.807) is 47.4 Å². The van der Waals surface area contributed by atoms with E-state index in [9.17, 15) is 14.7 Å². The number of ether oxygens (including phenoxy) is 2. The van der Waals surface area contributed by atoms with Crippen molar-refractivity contribution in [2.45, 2.75) is 6.10 Å². The third-order valence-corrected chi connectivity index (χ3v) is 4.99. The predicted molar refractivity (Wildman–Crippen MR) is 108 cm³/mol. The minimum atomic E-state index is -1.09. The molecule has 3 aromatic rings. The van der Waals surface area contributed by atoms with Crippen LogP contribution in [0.1, 0.15) is 22.0 Å². The molecular formula is C23H21NO5. The Morgan fingerprint density at radius 3 is 2.38 bits per heavy atom. The Hall–Kier alpha value is -3.38. The summed E-state index contributed by atoms with van der Waals surface area (Å²) in [5.74, 6) is -1.20. The zero-order chi connectivity index (χ0) is 20.2. The van der Waals surface area contributed by atoms with E-state index < -0.39 is 12.1 Å². The lowest BCUT2D eigenvalue weighted by atomic mass is 10.0. The van der Waals surface area contributed by atoms with Crippen LogP contribution in [-0.2, 0) is 14.3 Å². The van der Waals surface area contributed by atoms with Crippen LogP contribution in [0.25, 0.3) is 10.8 Å². The second-order valence-electron chi connectivity index (χ2n) is 6.82. The number of hydrogen-bond donors (Lipinski definition) is 1. The number of benzene rings is 3. The van der Waals surface area contributed by atoms with Gasteiger partial charge in [0.1, 0.15) is 11.3 Å². The van der Waals surface area contributed by atoms with Crippen LogP contribution in [-0.4, -0.2) is 48.2 Å². The first-order chi connectivity index (χ1) is 14.1. The molecule has 1 N–H and O–H groups in total. The van der Waals surface area contributed by atoms with Crippen molar-refractivity contribution >= 4 is 22.6 Å². The van der Waals surface area contributed by atoms with Crippen molar-refractivity contribution in [2.24, 2.45) is 0 Å². The molecular weight excluding hydrogens is 370 g/mol. The second-order valence-corrected chi connectivity index (χ2v) is 6.82. The van der Waals surface area contributed by atoms with Crippen LogP contribution < -0.4 is 0 Å². The minimum absolute atomic E-state index is 0.0272. The molecule has 6 nitrogen and oxygen atoms in total. The highest BCUT2D eigenvalue weighted by Crippen LogP contribution is 2.31. The normalized spacial score (nSPS) is 15.1. The third-order valence-electron chi connectivity index (χ3n) is 4.99. The summed E-state index contributed by atoms with van der Waals surface area (Å²) >= 11 is 0. The largest absolute Gasteiger partial charge is 0.506 e. The fraction of sp³-hybridized carbons (Fsp3) is 0.217. The number of carbonyl (C=O) groups is 2. The molecule has 1 atom stereocenters. The maximum atomic E-state index is 13.1. The fourth-order valence-corrected chi connectivity index (χ4v) is 3.43. The van der Waals surface area contributed by atoms with Crippen molar-refractivity contribution in [3.63, 3.8) is 0 Å². The molecule has 1 fully saturated rings. The topological polar surface area (TPSA) is 76.1 Å². The number of morpholine rings is 1. The zero-order valence-electron chi connectivity index (χ0n) is 15.8. The van der Waals surface area contributed by atoms with Crippen LogP contribution in [0.2, 0.25) is 0 Å². The lowest BCUT2D eigenvalue weighted by Gasteiger charge is -2.30. The number of rotatable bonds is 4. The van der Waals surface area contributed by atoms with E-state index in [2.05, 4.69) is 0 Å². The van der Waals surface area contributed by atoms with Gasteiger partial charge in [0.2, 0.25) is 6.10 Å². The SMILES string of the molecule is O=C(O[C@@H](C(=O)N1CCOCC1)c1ccccc1)c1ccc2ccccc2c1O. The number of esters is 1. The summed E-state index contributed by atoms with van der Waals surface area (Å²) in [6, 6.07) is 19.4. The van der Waals surface area contributed by atoms with E-state index in [1.165, 1.54) is 6.07 Å². The number of hydrogen-bond acceptors (Lipinski definition) is 5. The molecule has 1 aliphatic rings. The molecule has 4 rings (SSSR count). The molecule has 148 valence electrons. The Morgan fingerprint density at radius 1 is 0.931 bits per heavy atom. The summed E-state index contributed by atoms with van der Waals surface area (Å²) in [6.07, 6.45) is -1.09. The number of nitrogens with zero attached hydrogens (tertiary/aromatic N) is 1. The van der Waals surface area contributed by atoms with Crippen molar-refractivity contribution < 1.29 is 24.2 Å². The predicted octanol–water partition coefficient (Wildman–Crippen LogP) is 3.30. The van der Waals surface area contributed by atoms with Gasteiger partial charge in [-0.05, 0) is 11.5 Å². The van der Waals surface area contributed by atoms with Gasteiger partial charge < -0.3 is 19.5 Å². The molecule has 0 spiro atoms. The number of aromatic hydroxyl groups is 1. The highest BCUT2D eigenvalue weighted by molar-refractivity contribution is 6.02. The van der Waals surface area contributed by atoms with Crippen molar-refractivity contribution in [3.05, 3.63) is 77.9 Å². The number of phenolic OH excluding ortho intramolecular Hbond substituents is 1. The summed E-state index contributed by atoms with van der Waals surface area (Å²) in [5.41, 5.74) is 0.608. The number of amides is 1. The quantitative estimate of drug-likeness (QED) is 0.691. The fourth-order valence-electron chi connectivity index (χ4n) is 3.43. The van der Waals surface area contributed by atoms with Gasteiger partial charge in [-0.15, -0.1) is 0 Å². The highest BCUT2D eigenvalue weighted by atomic mass is 16.5. The third kappa shape index (κ3) is 3.93. The highest BCUT2D eigenvalue weighted by Gasteiger charge is 2.31. The minimum Gasteiger partial charge on any atom is -0.506 e. The van der Waals surface area contributed by atoms with Crippen LogP contribution in [0.15, 0.2) is 66.7 Å². The maximum absolute atomic E-state index is 13.1. The van der Waals surface area contributed by atoms with Gasteiger partial charge in [0, 0.05) is 24.0 Å². The first-order valence-corrected chi connectivity index (χ1v) is 9.48. The summed E-state index contributed by atoms with van der Waals surface area (Å²) in [4.78, 5) is 27.6. The van der Waals surface area contributed by atoms with Gasteiger partial charge in [-0.25, -0.2) is 4.79 Å². The smallest absolute Gasteiger partial charge is 0.343 e. The average Bonchev–Trinajstić information content (AvgIpc) is 2.78. The molecule has 1 heterocycles. The Labute approximate surface area is 168 Å². The Morgan fingerprint density at radius 2 is 1.62 bits per heavy atom. The molecule has 1 aliphatic heterocycles. The zero-order valence-corrected chi connectivity index (χ0v) is 15.8. The van der Waals surface area contributed by atoms with Gasteiger partial charge in [-0.1, -0.05) is 60.7 Å². The lowest BCUT2D eigenvalue weighted by molar-refractivity contribution is -0.145. The lowest BCUT2D eigenvalue weighted by Crippen LogP contribution is -2.44. The molecule has 0 radical (unpaired) electrons. The van der Waals surface area contributed by atoms with Gasteiger partial charge in [0.25, 0.3) is 5.91 Å². The van der Waals surface area contributed by atoms with Gasteiger partial charge in [-0.2, -0.15) is 0 Å². The molecule has 6 heteroatoms. The first kappa shape index (κ1) is 19.0. The standard InChI is InChI=1S/C23H21NO5/c25-20-18-9-5-4-6-16(18)10-11-19(20)23(27)29-21(17-7-2-1-3-8-17)22(26)24-12-14-28-15-13-24/h1-11,21,25H,12-15H2/t21-/m1/s1. The molecule has 0 bridgehead atoms. The molecule has 3 aromatic carbocycles. The van der Waals surface area contributed by atoms with Crippen LogP contribution in [0.5, 0.6) is 5.75 Å². The van der Waals surface area contributed by atoms with Gasteiger partial charge >= 0.3 is 5.97 Å². The van der Waals surface area contributed by atoms with Crippen LogP contribution in [0.3, 0.4) is 0 Å². The summed E-state index contributed by atoms with van der Waals surface area (Å²) in [7, 11) is 0. The Bertz CT molecular complexity index is 1030. The molecule has 0 aliphatic carbocycles. The maximum Gasteiger partial charge on any atom is 0.343 e. The number of phenols is 1. The van der Waals surface area contributed by atoms with Gasteiger partial charge in [0.15, 0.2) is 0 Å². The monoisotopic (exact) mass is 391 g/mol. The van der Waals surface area contributed by atoms with E-state index in [0.717, 1.165) is 5.39 Å². The molecule has 1 saturated heterocycles. The summed E-state index contributed by atoms with van der Waals surface area (Å²) in [6.45, 7) is 1.79. The first-order valence-electron chi connectivity index (χ1n) is 9.48. The summed E-state index contributed by atoms with van der Waals surface area (Å²) in [5, 5.41) is 11.9. The van der Waals surface area contributed by atoms with E-state index >= 15 is 0 Å². The molecule has 29 heavy (non-hydrogen) atoms. The molecule has 0 aromatic heterocycles. The molecule has 1 amide bonds. The van der Waals surface area contributed by atoms with E-state index in [1.807, 2.05) is 18.2 Å². The second kappa shape index (κ2) is 8.32. The van der Waals surface area contributed by atoms with Crippen LogP contribution >= 0.6 is 0 Å².